The molecule has 3 heterocycles. The largest absolute Gasteiger partial charge is 0.487 e. The molecule has 1 saturated heterocycles. The molecule has 1 aliphatic carbocycles. The number of nitrogens with zero attached hydrogens (tertiary/aromatic N) is 3. The van der Waals surface area contributed by atoms with Gasteiger partial charge in [-0.05, 0) is 61.0 Å². The summed E-state index contributed by atoms with van der Waals surface area (Å²) in [5.41, 5.74) is 2.39. The van der Waals surface area contributed by atoms with E-state index >= 15 is 0 Å². The predicted molar refractivity (Wildman–Crippen MR) is 130 cm³/mol. The first kappa shape index (κ1) is 24.1. The molecule has 35 heavy (non-hydrogen) atoms. The van der Waals surface area contributed by atoms with Crippen molar-refractivity contribution >= 4 is 40.9 Å². The van der Waals surface area contributed by atoms with Crippen molar-refractivity contribution in [3.63, 3.8) is 0 Å². The van der Waals surface area contributed by atoms with Crippen LogP contribution in [-0.2, 0) is 27.4 Å². The Balaban J connectivity index is 1.54. The van der Waals surface area contributed by atoms with E-state index in [-0.39, 0.29) is 18.4 Å². The van der Waals surface area contributed by atoms with Gasteiger partial charge in [-0.2, -0.15) is 4.37 Å². The molecule has 1 aromatic carbocycles. The zero-order chi connectivity index (χ0) is 24.5. The highest BCUT2D eigenvalue weighted by molar-refractivity contribution is 7.03. The highest BCUT2D eigenvalue weighted by Crippen LogP contribution is 2.45. The average molecular weight is 518 g/mol. The Kier molecular flexibility index (Phi) is 6.98. The summed E-state index contributed by atoms with van der Waals surface area (Å²) in [6.07, 6.45) is 3.65. The van der Waals surface area contributed by atoms with Gasteiger partial charge in [-0.15, -0.1) is 0 Å². The van der Waals surface area contributed by atoms with Crippen molar-refractivity contribution in [2.75, 3.05) is 13.1 Å². The zero-order valence-corrected chi connectivity index (χ0v) is 20.9. The van der Waals surface area contributed by atoms with Crippen LogP contribution in [0.15, 0.2) is 23.6 Å². The number of carbonyl (C=O) groups is 3. The summed E-state index contributed by atoms with van der Waals surface area (Å²) >= 11 is 7.96. The predicted octanol–water partition coefficient (Wildman–Crippen LogP) is 4.27. The first-order chi connectivity index (χ1) is 17.0. The van der Waals surface area contributed by atoms with Crippen molar-refractivity contribution in [3.8, 4) is 5.75 Å². The fourth-order valence-electron chi connectivity index (χ4n) is 5.67. The molecule has 3 atom stereocenters. The number of carboxylic acids is 1. The molecule has 3 unspecified atom stereocenters. The Morgan fingerprint density at radius 3 is 2.60 bits per heavy atom. The highest BCUT2D eigenvalue weighted by atomic mass is 35.5. The van der Waals surface area contributed by atoms with Crippen LogP contribution in [0.1, 0.15) is 61.5 Å². The maximum absolute atomic E-state index is 13.9. The van der Waals surface area contributed by atoms with Crippen LogP contribution in [-0.4, -0.2) is 50.2 Å². The summed E-state index contributed by atoms with van der Waals surface area (Å²) in [5, 5.41) is 12.3. The summed E-state index contributed by atoms with van der Waals surface area (Å²) in [5.74, 6) is -1.88. The molecule has 5 rings (SSSR count). The minimum atomic E-state index is -0.926. The maximum Gasteiger partial charge on any atom is 0.307 e. The van der Waals surface area contributed by atoms with Crippen LogP contribution in [0, 0.1) is 11.8 Å². The molecule has 2 aliphatic heterocycles. The number of ether oxygens (including phenoxy) is 1. The van der Waals surface area contributed by atoms with Crippen LogP contribution in [0.4, 0.5) is 0 Å². The third-order valence-electron chi connectivity index (χ3n) is 7.37. The van der Waals surface area contributed by atoms with E-state index in [9.17, 15) is 19.5 Å². The number of carbonyl (C=O) groups excluding carboxylic acids is 2. The van der Waals surface area contributed by atoms with Crippen molar-refractivity contribution in [2.24, 2.45) is 11.8 Å². The summed E-state index contributed by atoms with van der Waals surface area (Å²) < 4.78 is 10.5. The van der Waals surface area contributed by atoms with Crippen molar-refractivity contribution in [2.45, 2.75) is 57.7 Å². The molecule has 2 fully saturated rings. The van der Waals surface area contributed by atoms with Crippen molar-refractivity contribution in [3.05, 3.63) is 45.4 Å². The van der Waals surface area contributed by atoms with Crippen LogP contribution in [0.25, 0.3) is 0 Å². The lowest BCUT2D eigenvalue weighted by Gasteiger charge is -2.45. The van der Waals surface area contributed by atoms with Crippen LogP contribution in [0.3, 0.4) is 0 Å². The molecule has 2 amide bonds. The Bertz CT molecular complexity index is 1120. The number of benzene rings is 1. The zero-order valence-electron chi connectivity index (χ0n) is 19.3. The molecule has 1 aromatic heterocycles. The number of likely N-dealkylation sites (tertiary alicyclic amines) is 1. The normalized spacial score (nSPS) is 24.4. The van der Waals surface area contributed by atoms with Gasteiger partial charge >= 0.3 is 5.97 Å². The van der Waals surface area contributed by atoms with Gasteiger partial charge in [0.2, 0.25) is 11.8 Å². The van der Waals surface area contributed by atoms with Gasteiger partial charge in [-0.25, -0.2) is 0 Å². The van der Waals surface area contributed by atoms with Gasteiger partial charge in [0.25, 0.3) is 0 Å². The molecule has 1 N–H and O–H groups in total. The second kappa shape index (κ2) is 10.1. The second-order valence-corrected chi connectivity index (χ2v) is 10.5. The SMILES string of the molecule is O=C(O)C1CCCCC1C(=O)N1CCc2c(Cl)ccc(OCc3ccsn3)c2C1N1CCCC1=O. The van der Waals surface area contributed by atoms with Gasteiger partial charge in [0.1, 0.15) is 18.5 Å². The number of halogens is 1. The number of amides is 2. The summed E-state index contributed by atoms with van der Waals surface area (Å²) in [6, 6.07) is 5.47. The number of hydrogen-bond acceptors (Lipinski definition) is 6. The standard InChI is InChI=1S/C25H28ClN3O5S/c26-19-7-8-20(34-14-15-10-13-35-27-15)22-18(19)9-12-29(23(22)28-11-3-6-21(28)30)24(31)16-4-1-2-5-17(16)25(32)33/h7-8,10,13,16-17,23H,1-6,9,11-12,14H2,(H,32,33). The number of rotatable bonds is 6. The molecule has 1 saturated carbocycles. The smallest absolute Gasteiger partial charge is 0.307 e. The molecule has 2 aromatic rings. The number of hydrogen-bond donors (Lipinski definition) is 1. The minimum Gasteiger partial charge on any atom is -0.487 e. The topological polar surface area (TPSA) is 100 Å². The second-order valence-electron chi connectivity index (χ2n) is 9.40. The molecule has 186 valence electrons. The number of aliphatic carboxylic acids is 1. The van der Waals surface area contributed by atoms with E-state index in [1.165, 1.54) is 11.5 Å². The monoisotopic (exact) mass is 517 g/mol. The van der Waals surface area contributed by atoms with Crippen molar-refractivity contribution < 1.29 is 24.2 Å². The Hall–Kier alpha value is -2.65. The van der Waals surface area contributed by atoms with Gasteiger partial charge in [0, 0.05) is 35.5 Å². The third kappa shape index (κ3) is 4.63. The quantitative estimate of drug-likeness (QED) is 0.614. The number of aromatic nitrogens is 1. The van der Waals surface area contributed by atoms with E-state index in [4.69, 9.17) is 16.3 Å². The molecule has 0 radical (unpaired) electrons. The summed E-state index contributed by atoms with van der Waals surface area (Å²) in [6.45, 7) is 1.16. The van der Waals surface area contributed by atoms with Gasteiger partial charge in [0.15, 0.2) is 0 Å². The number of fused-ring (bicyclic) bond motifs is 1. The van der Waals surface area contributed by atoms with E-state index in [0.29, 0.717) is 56.0 Å². The lowest BCUT2D eigenvalue weighted by atomic mass is 9.78. The Labute approximate surface area is 213 Å². The fourth-order valence-corrected chi connectivity index (χ4v) is 6.46. The lowest BCUT2D eigenvalue weighted by molar-refractivity contribution is -0.157. The van der Waals surface area contributed by atoms with Crippen molar-refractivity contribution in [1.29, 1.82) is 0 Å². The molecule has 10 heteroatoms. The molecule has 0 bridgehead atoms. The van der Waals surface area contributed by atoms with Crippen LogP contribution in [0.2, 0.25) is 5.02 Å². The van der Waals surface area contributed by atoms with E-state index in [0.717, 1.165) is 29.7 Å². The molecule has 3 aliphatic rings. The Morgan fingerprint density at radius 1 is 1.11 bits per heavy atom. The molecule has 8 nitrogen and oxygen atoms in total. The van der Waals surface area contributed by atoms with Gasteiger partial charge in [0.05, 0.1) is 17.5 Å². The first-order valence-electron chi connectivity index (χ1n) is 12.1. The van der Waals surface area contributed by atoms with Crippen LogP contribution in [0.5, 0.6) is 5.75 Å². The molecular formula is C25H28ClN3O5S. The van der Waals surface area contributed by atoms with E-state index in [2.05, 4.69) is 4.37 Å². The molecule has 0 spiro atoms. The fraction of sp³-hybridized carbons (Fsp3) is 0.520. The summed E-state index contributed by atoms with van der Waals surface area (Å²) in [7, 11) is 0. The average Bonchev–Trinajstić information content (AvgIpc) is 3.54. The first-order valence-corrected chi connectivity index (χ1v) is 13.3. The van der Waals surface area contributed by atoms with Crippen LogP contribution >= 0.6 is 23.1 Å². The van der Waals surface area contributed by atoms with Gasteiger partial charge in [-0.1, -0.05) is 24.4 Å². The van der Waals surface area contributed by atoms with Gasteiger partial charge in [-0.3, -0.25) is 14.4 Å². The third-order valence-corrected chi connectivity index (χ3v) is 8.32. The van der Waals surface area contributed by atoms with E-state index < -0.39 is 24.0 Å². The van der Waals surface area contributed by atoms with Crippen LogP contribution < -0.4 is 4.74 Å². The number of carboxylic acid groups (broad SMARTS) is 1. The van der Waals surface area contributed by atoms with E-state index in [1.54, 1.807) is 21.9 Å². The van der Waals surface area contributed by atoms with Gasteiger partial charge < -0.3 is 19.6 Å². The summed E-state index contributed by atoms with van der Waals surface area (Å²) in [4.78, 5) is 42.3. The molecular weight excluding hydrogens is 490 g/mol. The highest BCUT2D eigenvalue weighted by Gasteiger charge is 2.45. The lowest BCUT2D eigenvalue weighted by Crippen LogP contribution is -2.52. The van der Waals surface area contributed by atoms with Crippen molar-refractivity contribution in [1.82, 2.24) is 14.2 Å². The van der Waals surface area contributed by atoms with E-state index in [1.807, 2.05) is 11.4 Å². The Morgan fingerprint density at radius 2 is 1.91 bits per heavy atom. The minimum absolute atomic E-state index is 0.0236. The maximum atomic E-state index is 13.9.